The molecule has 104 valence electrons. The highest BCUT2D eigenvalue weighted by atomic mass is 35.5. The van der Waals surface area contributed by atoms with Crippen molar-refractivity contribution in [3.8, 4) is 11.8 Å². The number of benzene rings is 1. The van der Waals surface area contributed by atoms with E-state index in [1.807, 2.05) is 29.6 Å². The fourth-order valence-corrected chi connectivity index (χ4v) is 2.87. The van der Waals surface area contributed by atoms with E-state index in [-0.39, 0.29) is 0 Å². The van der Waals surface area contributed by atoms with Gasteiger partial charge in [-0.05, 0) is 24.3 Å². The van der Waals surface area contributed by atoms with Crippen LogP contribution >= 0.6 is 22.9 Å². The number of thiophene rings is 1. The van der Waals surface area contributed by atoms with Crippen LogP contribution in [0.3, 0.4) is 0 Å². The smallest absolute Gasteiger partial charge is 0.138 e. The second-order valence-electron chi connectivity index (χ2n) is 4.27. The van der Waals surface area contributed by atoms with Gasteiger partial charge < -0.3 is 5.32 Å². The molecule has 2 aromatic heterocycles. The van der Waals surface area contributed by atoms with Crippen LogP contribution < -0.4 is 5.32 Å². The summed E-state index contributed by atoms with van der Waals surface area (Å²) >= 11 is 7.82. The van der Waals surface area contributed by atoms with Crippen molar-refractivity contribution in [2.24, 2.45) is 0 Å². The quantitative estimate of drug-likeness (QED) is 0.800. The normalized spacial score (nSPS) is 10.3. The molecule has 1 N–H and O–H groups in total. The highest BCUT2D eigenvalue weighted by Crippen LogP contribution is 2.24. The molecule has 0 radical (unpaired) electrons. The summed E-state index contributed by atoms with van der Waals surface area (Å²) in [6, 6.07) is 9.66. The third-order valence-corrected chi connectivity index (χ3v) is 4.10. The molecule has 0 aliphatic heterocycles. The molecule has 3 aromatic rings. The number of nitriles is 1. The van der Waals surface area contributed by atoms with Crippen molar-refractivity contribution in [2.75, 3.05) is 5.32 Å². The lowest BCUT2D eigenvalue weighted by Crippen LogP contribution is -2.00. The van der Waals surface area contributed by atoms with Gasteiger partial charge in [0.25, 0.3) is 0 Å². The Kier molecular flexibility index (Phi) is 3.86. The van der Waals surface area contributed by atoms with E-state index in [1.54, 1.807) is 22.3 Å². The summed E-state index contributed by atoms with van der Waals surface area (Å²) in [5, 5.41) is 18.6. The zero-order valence-electron chi connectivity index (χ0n) is 10.8. The topological polar surface area (TPSA) is 66.5 Å². The van der Waals surface area contributed by atoms with Crippen molar-refractivity contribution in [3.05, 3.63) is 57.8 Å². The first-order valence-electron chi connectivity index (χ1n) is 6.12. The highest BCUT2D eigenvalue weighted by molar-refractivity contribution is 7.10. The zero-order valence-corrected chi connectivity index (χ0v) is 12.4. The van der Waals surface area contributed by atoms with E-state index in [9.17, 15) is 0 Å². The number of rotatable bonds is 4. The van der Waals surface area contributed by atoms with E-state index in [2.05, 4.69) is 21.5 Å². The summed E-state index contributed by atoms with van der Waals surface area (Å²) in [6.07, 6.45) is 3.06. The summed E-state index contributed by atoms with van der Waals surface area (Å²) in [5.74, 6) is 0. The first-order valence-corrected chi connectivity index (χ1v) is 7.38. The Bertz CT molecular complexity index is 788. The Hall–Kier alpha value is -2.36. The van der Waals surface area contributed by atoms with Gasteiger partial charge in [-0.3, -0.25) is 0 Å². The molecule has 21 heavy (non-hydrogen) atoms. The number of aromatic nitrogens is 3. The third-order valence-electron chi connectivity index (χ3n) is 2.86. The summed E-state index contributed by atoms with van der Waals surface area (Å²) in [5.41, 5.74) is 2.38. The molecule has 0 amide bonds. The Morgan fingerprint density at radius 2 is 2.29 bits per heavy atom. The van der Waals surface area contributed by atoms with Crippen LogP contribution in [0.1, 0.15) is 10.4 Å². The van der Waals surface area contributed by atoms with Crippen LogP contribution in [0, 0.1) is 11.3 Å². The summed E-state index contributed by atoms with van der Waals surface area (Å²) in [4.78, 5) is 5.00. The summed E-state index contributed by atoms with van der Waals surface area (Å²) in [7, 11) is 0. The molecule has 2 heterocycles. The van der Waals surface area contributed by atoms with Gasteiger partial charge in [0.1, 0.15) is 18.7 Å². The zero-order chi connectivity index (χ0) is 14.7. The SMILES string of the molecule is N#Cc1csc(CNc2ccc(-n3cncn3)c(Cl)c2)c1. The van der Waals surface area contributed by atoms with Crippen LogP contribution in [-0.4, -0.2) is 14.8 Å². The molecular formula is C14H10ClN5S. The van der Waals surface area contributed by atoms with Crippen LogP contribution in [0.2, 0.25) is 5.02 Å². The second-order valence-corrected chi connectivity index (χ2v) is 5.68. The minimum Gasteiger partial charge on any atom is -0.380 e. The molecule has 0 atom stereocenters. The molecule has 0 saturated carbocycles. The lowest BCUT2D eigenvalue weighted by atomic mass is 10.2. The number of nitrogens with zero attached hydrogens (tertiary/aromatic N) is 4. The molecule has 7 heteroatoms. The van der Waals surface area contributed by atoms with Crippen LogP contribution in [-0.2, 0) is 6.54 Å². The average molecular weight is 316 g/mol. The second kappa shape index (κ2) is 5.95. The molecule has 3 rings (SSSR count). The van der Waals surface area contributed by atoms with Crippen molar-refractivity contribution in [2.45, 2.75) is 6.54 Å². The Morgan fingerprint density at radius 1 is 1.38 bits per heavy atom. The number of nitrogens with one attached hydrogen (secondary N) is 1. The van der Waals surface area contributed by atoms with Gasteiger partial charge >= 0.3 is 0 Å². The van der Waals surface area contributed by atoms with Crippen molar-refractivity contribution < 1.29 is 0 Å². The van der Waals surface area contributed by atoms with Gasteiger partial charge in [0.15, 0.2) is 0 Å². The number of anilines is 1. The molecule has 0 spiro atoms. The van der Waals surface area contributed by atoms with E-state index < -0.39 is 0 Å². The Labute approximate surface area is 130 Å². The molecule has 0 aliphatic rings. The fraction of sp³-hybridized carbons (Fsp3) is 0.0714. The van der Waals surface area contributed by atoms with Gasteiger partial charge in [0.2, 0.25) is 0 Å². The maximum Gasteiger partial charge on any atom is 0.138 e. The lowest BCUT2D eigenvalue weighted by Gasteiger charge is -2.08. The monoisotopic (exact) mass is 315 g/mol. The van der Waals surface area contributed by atoms with Crippen LogP contribution in [0.25, 0.3) is 5.69 Å². The van der Waals surface area contributed by atoms with E-state index in [4.69, 9.17) is 16.9 Å². The Balaban J connectivity index is 1.72. The predicted octanol–water partition coefficient (Wildman–Crippen LogP) is 3.47. The molecule has 0 fully saturated rings. The van der Waals surface area contributed by atoms with Crippen LogP contribution in [0.4, 0.5) is 5.69 Å². The third kappa shape index (κ3) is 3.05. The van der Waals surface area contributed by atoms with Crippen LogP contribution in [0.5, 0.6) is 0 Å². The van der Waals surface area contributed by atoms with Crippen molar-refractivity contribution in [3.63, 3.8) is 0 Å². The molecule has 5 nitrogen and oxygen atoms in total. The minimum atomic E-state index is 0.592. The molecular weight excluding hydrogens is 306 g/mol. The van der Waals surface area contributed by atoms with Gasteiger partial charge in [-0.15, -0.1) is 11.3 Å². The van der Waals surface area contributed by atoms with Gasteiger partial charge in [0, 0.05) is 22.5 Å². The van der Waals surface area contributed by atoms with E-state index in [1.165, 1.54) is 6.33 Å². The first kappa shape index (κ1) is 13.6. The van der Waals surface area contributed by atoms with Crippen LogP contribution in [0.15, 0.2) is 42.3 Å². The standard InChI is InChI=1S/C14H10ClN5S/c15-13-4-11(1-2-14(13)20-9-17-8-19-20)18-6-12-3-10(5-16)7-21-12/h1-4,7-9,18H,6H2. The maximum atomic E-state index is 8.80. The van der Waals surface area contributed by atoms with Gasteiger partial charge in [-0.25, -0.2) is 9.67 Å². The number of hydrogen-bond acceptors (Lipinski definition) is 5. The fourth-order valence-electron chi connectivity index (χ4n) is 1.86. The summed E-state index contributed by atoms with van der Waals surface area (Å²) in [6.45, 7) is 0.658. The van der Waals surface area contributed by atoms with Gasteiger partial charge in [-0.2, -0.15) is 10.4 Å². The number of hydrogen-bond donors (Lipinski definition) is 1. The summed E-state index contributed by atoms with van der Waals surface area (Å²) < 4.78 is 1.62. The van der Waals surface area contributed by atoms with Gasteiger partial charge in [-0.1, -0.05) is 11.6 Å². The minimum absolute atomic E-state index is 0.592. The largest absolute Gasteiger partial charge is 0.380 e. The molecule has 0 saturated heterocycles. The van der Waals surface area contributed by atoms with E-state index in [0.29, 0.717) is 17.1 Å². The molecule has 0 unspecified atom stereocenters. The lowest BCUT2D eigenvalue weighted by molar-refractivity contribution is 0.879. The van der Waals surface area contributed by atoms with Crippen molar-refractivity contribution in [1.29, 1.82) is 5.26 Å². The van der Waals surface area contributed by atoms with E-state index >= 15 is 0 Å². The number of halogens is 1. The van der Waals surface area contributed by atoms with E-state index in [0.717, 1.165) is 16.3 Å². The molecule has 0 aliphatic carbocycles. The molecule has 0 bridgehead atoms. The Morgan fingerprint density at radius 3 is 2.95 bits per heavy atom. The highest BCUT2D eigenvalue weighted by Gasteiger charge is 2.05. The van der Waals surface area contributed by atoms with Crippen molar-refractivity contribution >= 4 is 28.6 Å². The predicted molar refractivity (Wildman–Crippen MR) is 82.7 cm³/mol. The van der Waals surface area contributed by atoms with Gasteiger partial charge in [0.05, 0.1) is 16.3 Å². The maximum absolute atomic E-state index is 8.80. The van der Waals surface area contributed by atoms with Crippen molar-refractivity contribution in [1.82, 2.24) is 14.8 Å². The average Bonchev–Trinajstić information content (AvgIpc) is 3.16. The first-order chi connectivity index (χ1) is 10.3. The molecule has 1 aromatic carbocycles.